The molecule has 150 valence electrons. The van der Waals surface area contributed by atoms with Crippen molar-refractivity contribution < 1.29 is 38.9 Å². The van der Waals surface area contributed by atoms with Crippen molar-refractivity contribution >= 4 is 24.9 Å². The summed E-state index contributed by atoms with van der Waals surface area (Å²) >= 11 is 0. The van der Waals surface area contributed by atoms with Crippen LogP contribution >= 0.6 is 7.82 Å². The van der Waals surface area contributed by atoms with Gasteiger partial charge in [-0.15, -0.1) is 0 Å². The van der Waals surface area contributed by atoms with Gasteiger partial charge in [0, 0.05) is 7.05 Å². The van der Waals surface area contributed by atoms with Crippen LogP contribution in [0, 0.1) is 0 Å². The van der Waals surface area contributed by atoms with E-state index in [-0.39, 0.29) is 17.1 Å². The summed E-state index contributed by atoms with van der Waals surface area (Å²) in [6.07, 6.45) is -7.11. The number of fused-ring (bicyclic) bond motifs is 1. The molecule has 1 aliphatic heterocycles. The number of nitrogens with zero attached hydrogens (tertiary/aromatic N) is 4. The molecule has 1 aliphatic rings. The van der Waals surface area contributed by atoms with Crippen molar-refractivity contribution in [3.8, 4) is 0 Å². The van der Waals surface area contributed by atoms with Gasteiger partial charge in [-0.25, -0.2) is 9.55 Å². The van der Waals surface area contributed by atoms with Crippen LogP contribution in [-0.4, -0.2) is 75.2 Å². The highest BCUT2D eigenvalue weighted by Gasteiger charge is 2.48. The van der Waals surface area contributed by atoms with E-state index in [0.29, 0.717) is 0 Å². The summed E-state index contributed by atoms with van der Waals surface area (Å²) in [5, 5.41) is 30.0. The van der Waals surface area contributed by atoms with Crippen molar-refractivity contribution in [1.82, 2.24) is 19.1 Å². The van der Waals surface area contributed by atoms with E-state index < -0.39 is 50.6 Å². The highest BCUT2D eigenvalue weighted by atomic mass is 31.2. The lowest BCUT2D eigenvalue weighted by Crippen LogP contribution is -2.57. The Morgan fingerprint density at radius 1 is 1.37 bits per heavy atom. The Labute approximate surface area is 150 Å². The molecule has 0 aliphatic carbocycles. The zero-order valence-corrected chi connectivity index (χ0v) is 14.7. The van der Waals surface area contributed by atoms with E-state index in [9.17, 15) is 24.7 Å². The van der Waals surface area contributed by atoms with E-state index >= 15 is 0 Å². The number of aromatic nitrogens is 4. The monoisotopic (exact) mass is 407 g/mol. The fourth-order valence-electron chi connectivity index (χ4n) is 2.86. The van der Waals surface area contributed by atoms with Gasteiger partial charge in [-0.2, -0.15) is 4.98 Å². The Morgan fingerprint density at radius 3 is 2.63 bits per heavy atom. The topological polar surface area (TPSA) is 215 Å². The van der Waals surface area contributed by atoms with Crippen LogP contribution < -0.4 is 11.3 Å². The second-order valence-corrected chi connectivity index (χ2v) is 7.14. The number of ether oxygens (including phenoxy) is 1. The van der Waals surface area contributed by atoms with Crippen molar-refractivity contribution in [2.45, 2.75) is 30.6 Å². The van der Waals surface area contributed by atoms with Gasteiger partial charge in [0.05, 0.1) is 6.61 Å². The maximum Gasteiger partial charge on any atom is 0.470 e. The fraction of sp³-hybridized carbons (Fsp3) is 0.583. The van der Waals surface area contributed by atoms with Gasteiger partial charge in [-0.05, 0) is 0 Å². The van der Waals surface area contributed by atoms with E-state index in [1.165, 1.54) is 7.05 Å². The molecule has 0 radical (unpaired) electrons. The van der Waals surface area contributed by atoms with Crippen molar-refractivity contribution in [3.63, 3.8) is 0 Å². The molecule has 2 aromatic heterocycles. The molecular formula is C12H18N5O9P. The molecule has 14 nitrogen and oxygen atoms in total. The third kappa shape index (κ3) is 3.49. The molecule has 0 amide bonds. The average Bonchev–Trinajstić information content (AvgIpc) is 2.99. The molecule has 1 fully saturated rings. The predicted octanol–water partition coefficient (Wildman–Crippen LogP) is -3.20. The molecule has 15 heteroatoms. The molecule has 5 atom stereocenters. The smallest absolute Gasteiger partial charge is 0.394 e. The SMILES string of the molecule is Cn1c(N)nc2ncn([C@@H]3O[C@H](CO)[C@@H](O)[C@H](OP(=O)(O)O)[C@H]3O)c2c1=O. The summed E-state index contributed by atoms with van der Waals surface area (Å²) in [6, 6.07) is 0. The van der Waals surface area contributed by atoms with E-state index in [2.05, 4.69) is 14.5 Å². The Kier molecular flexibility index (Phi) is 5.09. The zero-order chi connectivity index (χ0) is 20.1. The van der Waals surface area contributed by atoms with Crippen LogP contribution in [0.4, 0.5) is 5.95 Å². The molecule has 0 aromatic carbocycles. The molecule has 0 unspecified atom stereocenters. The molecule has 2 aromatic rings. The summed E-state index contributed by atoms with van der Waals surface area (Å²) in [4.78, 5) is 38.4. The van der Waals surface area contributed by atoms with Crippen LogP contribution in [-0.2, 0) is 20.9 Å². The molecule has 1 saturated heterocycles. The lowest BCUT2D eigenvalue weighted by atomic mass is 9.98. The number of aliphatic hydroxyl groups is 3. The number of aliphatic hydroxyl groups excluding tert-OH is 3. The van der Waals surface area contributed by atoms with Crippen LogP contribution in [0.1, 0.15) is 6.23 Å². The second kappa shape index (κ2) is 6.92. The van der Waals surface area contributed by atoms with E-state index in [1.54, 1.807) is 0 Å². The van der Waals surface area contributed by atoms with Crippen LogP contribution in [0.3, 0.4) is 0 Å². The number of nitrogens with two attached hydrogens (primary N) is 1. The average molecular weight is 407 g/mol. The Bertz CT molecular complexity index is 955. The lowest BCUT2D eigenvalue weighted by Gasteiger charge is -2.42. The van der Waals surface area contributed by atoms with Crippen LogP contribution in [0.15, 0.2) is 11.1 Å². The van der Waals surface area contributed by atoms with Crippen molar-refractivity contribution in [2.24, 2.45) is 7.05 Å². The van der Waals surface area contributed by atoms with Gasteiger partial charge in [0.15, 0.2) is 17.4 Å². The first-order valence-corrected chi connectivity index (χ1v) is 9.13. The minimum absolute atomic E-state index is 0.0504. The Morgan fingerprint density at radius 2 is 2.04 bits per heavy atom. The van der Waals surface area contributed by atoms with E-state index in [4.69, 9.17) is 20.3 Å². The van der Waals surface area contributed by atoms with Crippen molar-refractivity contribution in [2.75, 3.05) is 12.3 Å². The van der Waals surface area contributed by atoms with Gasteiger partial charge < -0.3 is 35.6 Å². The van der Waals surface area contributed by atoms with Gasteiger partial charge in [0.2, 0.25) is 5.95 Å². The molecule has 0 saturated carbocycles. The van der Waals surface area contributed by atoms with Gasteiger partial charge in [-0.1, -0.05) is 0 Å². The van der Waals surface area contributed by atoms with Gasteiger partial charge in [-0.3, -0.25) is 18.5 Å². The van der Waals surface area contributed by atoms with Crippen molar-refractivity contribution in [3.05, 3.63) is 16.7 Å². The first kappa shape index (κ1) is 19.9. The van der Waals surface area contributed by atoms with Gasteiger partial charge >= 0.3 is 7.82 Å². The number of hydrogen-bond acceptors (Lipinski definition) is 10. The van der Waals surface area contributed by atoms with Gasteiger partial charge in [0.1, 0.15) is 30.7 Å². The van der Waals surface area contributed by atoms with E-state index in [0.717, 1.165) is 15.5 Å². The maximum atomic E-state index is 12.5. The first-order valence-electron chi connectivity index (χ1n) is 7.60. The lowest BCUT2D eigenvalue weighted by molar-refractivity contribution is -0.246. The summed E-state index contributed by atoms with van der Waals surface area (Å²) in [5.74, 6) is -0.103. The first-order chi connectivity index (χ1) is 12.5. The molecule has 27 heavy (non-hydrogen) atoms. The number of rotatable bonds is 4. The quantitative estimate of drug-likeness (QED) is 0.276. The second-order valence-electron chi connectivity index (χ2n) is 5.95. The number of imidazole rings is 1. The number of nitrogen functional groups attached to an aromatic ring is 1. The molecule has 0 bridgehead atoms. The standard InChI is InChI=1S/C12H18N5O9P/c1-16-10(21)5-9(15-12(16)13)14-3-17(5)11-7(20)8(26-27(22,23)24)6(19)4(2-18)25-11/h3-4,6-8,11,18-20H,2H2,1H3,(H2,13,15)(H2,22,23,24)/t4-,6-,7-,8+,11-/m1/s1. The largest absolute Gasteiger partial charge is 0.470 e. The van der Waals surface area contributed by atoms with Gasteiger partial charge in [0.25, 0.3) is 5.56 Å². The summed E-state index contributed by atoms with van der Waals surface area (Å²) < 4.78 is 23.2. The van der Waals surface area contributed by atoms with Crippen LogP contribution in [0.2, 0.25) is 0 Å². The third-order valence-corrected chi connectivity index (χ3v) is 4.74. The summed E-state index contributed by atoms with van der Waals surface area (Å²) in [6.45, 7) is -0.749. The molecule has 7 N–H and O–H groups in total. The predicted molar refractivity (Wildman–Crippen MR) is 87.1 cm³/mol. The third-order valence-electron chi connectivity index (χ3n) is 4.22. The Balaban J connectivity index is 2.10. The fourth-order valence-corrected chi connectivity index (χ4v) is 3.43. The highest BCUT2D eigenvalue weighted by molar-refractivity contribution is 7.46. The van der Waals surface area contributed by atoms with Crippen LogP contribution in [0.5, 0.6) is 0 Å². The number of hydrogen-bond donors (Lipinski definition) is 6. The number of phosphoric ester groups is 1. The zero-order valence-electron chi connectivity index (χ0n) is 13.9. The number of anilines is 1. The minimum Gasteiger partial charge on any atom is -0.394 e. The van der Waals surface area contributed by atoms with E-state index in [1.807, 2.05) is 0 Å². The van der Waals surface area contributed by atoms with Crippen LogP contribution in [0.25, 0.3) is 11.2 Å². The summed E-state index contributed by atoms with van der Waals surface area (Å²) in [7, 11) is -3.74. The molecular weight excluding hydrogens is 389 g/mol. The normalized spacial score (nSPS) is 29.3. The summed E-state index contributed by atoms with van der Waals surface area (Å²) in [5.41, 5.74) is 4.82. The molecule has 3 rings (SSSR count). The molecule has 0 spiro atoms. The number of phosphoric acid groups is 1. The molecule has 3 heterocycles. The van der Waals surface area contributed by atoms with Crippen molar-refractivity contribution in [1.29, 1.82) is 0 Å². The Hall–Kier alpha value is -1.90. The minimum atomic E-state index is -5.10. The maximum absolute atomic E-state index is 12.5. The highest BCUT2D eigenvalue weighted by Crippen LogP contribution is 2.43.